The van der Waals surface area contributed by atoms with Crippen molar-refractivity contribution < 1.29 is 9.90 Å². The summed E-state index contributed by atoms with van der Waals surface area (Å²) in [5, 5.41) is 8.65. The van der Waals surface area contributed by atoms with Crippen molar-refractivity contribution in [3.63, 3.8) is 0 Å². The number of benzene rings is 1. The average Bonchev–Trinajstić information content (AvgIpc) is 2.04. The Morgan fingerprint density at radius 1 is 1.58 bits per heavy atom. The Bertz CT molecular complexity index is 294. The van der Waals surface area contributed by atoms with Gasteiger partial charge < -0.3 is 10.8 Å². The number of hydrogen-bond donors (Lipinski definition) is 2. The number of carboxylic acid groups (broad SMARTS) is 1. The van der Waals surface area contributed by atoms with Crippen LogP contribution in [-0.2, 0) is 0 Å². The lowest BCUT2D eigenvalue weighted by molar-refractivity contribution is 0.0697. The van der Waals surface area contributed by atoms with E-state index in [4.69, 9.17) is 10.8 Å². The van der Waals surface area contributed by atoms with Crippen molar-refractivity contribution in [3.05, 3.63) is 35.4 Å². The highest BCUT2D eigenvalue weighted by atomic mass is 16.4. The van der Waals surface area contributed by atoms with Gasteiger partial charge in [0, 0.05) is 6.04 Å². The molecule has 0 aliphatic rings. The molecule has 3 N–H and O–H groups in total. The molecule has 3 heteroatoms. The monoisotopic (exact) mass is 165 g/mol. The van der Waals surface area contributed by atoms with Gasteiger partial charge in [-0.3, -0.25) is 0 Å². The van der Waals surface area contributed by atoms with Crippen LogP contribution in [0.25, 0.3) is 0 Å². The molecule has 1 aromatic rings. The molecule has 0 bridgehead atoms. The lowest BCUT2D eigenvalue weighted by Gasteiger charge is -2.05. The lowest BCUT2D eigenvalue weighted by atomic mass is 10.1. The Labute approximate surface area is 70.8 Å². The average molecular weight is 165 g/mol. The summed E-state index contributed by atoms with van der Waals surface area (Å²) in [5.41, 5.74) is 6.71. The molecule has 0 aliphatic carbocycles. The Morgan fingerprint density at radius 2 is 2.25 bits per heavy atom. The first-order valence-corrected chi connectivity index (χ1v) is 3.70. The van der Waals surface area contributed by atoms with E-state index >= 15 is 0 Å². The molecule has 3 nitrogen and oxygen atoms in total. The first-order chi connectivity index (χ1) is 5.61. The number of carboxylic acids is 1. The fourth-order valence-electron chi connectivity index (χ4n) is 0.955. The molecule has 0 saturated carbocycles. The molecule has 1 atom stereocenters. The summed E-state index contributed by atoms with van der Waals surface area (Å²) >= 11 is 0. The van der Waals surface area contributed by atoms with Gasteiger partial charge in [0.05, 0.1) is 5.56 Å². The normalized spacial score (nSPS) is 12.5. The third-order valence-corrected chi connectivity index (χ3v) is 1.66. The summed E-state index contributed by atoms with van der Waals surface area (Å²) in [7, 11) is 0. The minimum absolute atomic E-state index is 0.121. The quantitative estimate of drug-likeness (QED) is 0.696. The fourth-order valence-corrected chi connectivity index (χ4v) is 0.955. The molecule has 0 amide bonds. The van der Waals surface area contributed by atoms with Crippen molar-refractivity contribution in [1.82, 2.24) is 0 Å². The van der Waals surface area contributed by atoms with E-state index < -0.39 is 5.97 Å². The van der Waals surface area contributed by atoms with E-state index in [9.17, 15) is 4.79 Å². The van der Waals surface area contributed by atoms with E-state index in [0.717, 1.165) is 5.56 Å². The Hall–Kier alpha value is -1.35. The maximum Gasteiger partial charge on any atom is 0.335 e. The SMILES string of the molecule is C[C@H](N)c1cccc(C(=O)O)c1. The van der Waals surface area contributed by atoms with Crippen LogP contribution in [0.1, 0.15) is 28.9 Å². The number of aromatic carboxylic acids is 1. The van der Waals surface area contributed by atoms with Crippen LogP contribution < -0.4 is 5.73 Å². The van der Waals surface area contributed by atoms with E-state index in [2.05, 4.69) is 0 Å². The van der Waals surface area contributed by atoms with Crippen molar-refractivity contribution in [3.8, 4) is 0 Å². The second-order valence-corrected chi connectivity index (χ2v) is 2.72. The third kappa shape index (κ3) is 1.83. The Morgan fingerprint density at radius 3 is 2.75 bits per heavy atom. The van der Waals surface area contributed by atoms with E-state index in [1.807, 2.05) is 13.0 Å². The van der Waals surface area contributed by atoms with Gasteiger partial charge in [-0.1, -0.05) is 12.1 Å². The molecule has 1 rings (SSSR count). The van der Waals surface area contributed by atoms with Gasteiger partial charge in [0.15, 0.2) is 0 Å². The number of rotatable bonds is 2. The van der Waals surface area contributed by atoms with Gasteiger partial charge in [0.1, 0.15) is 0 Å². The van der Waals surface area contributed by atoms with E-state index in [0.29, 0.717) is 0 Å². The van der Waals surface area contributed by atoms with E-state index in [1.54, 1.807) is 18.2 Å². The van der Waals surface area contributed by atoms with Crippen molar-refractivity contribution in [2.75, 3.05) is 0 Å². The van der Waals surface area contributed by atoms with Crippen LogP contribution in [0, 0.1) is 0 Å². The van der Waals surface area contributed by atoms with Crippen LogP contribution in [0.15, 0.2) is 24.3 Å². The molecule has 0 aromatic heterocycles. The molecular formula is C9H11NO2. The molecule has 0 saturated heterocycles. The largest absolute Gasteiger partial charge is 0.478 e. The van der Waals surface area contributed by atoms with Crippen LogP contribution in [0.3, 0.4) is 0 Å². The lowest BCUT2D eigenvalue weighted by Crippen LogP contribution is -2.06. The van der Waals surface area contributed by atoms with E-state index in [-0.39, 0.29) is 11.6 Å². The zero-order valence-corrected chi connectivity index (χ0v) is 6.82. The first kappa shape index (κ1) is 8.74. The molecule has 12 heavy (non-hydrogen) atoms. The minimum atomic E-state index is -0.919. The Balaban J connectivity index is 3.04. The van der Waals surface area contributed by atoms with Gasteiger partial charge >= 0.3 is 5.97 Å². The predicted octanol–water partition coefficient (Wildman–Crippen LogP) is 1.40. The maximum atomic E-state index is 10.5. The van der Waals surface area contributed by atoms with Crippen LogP contribution in [-0.4, -0.2) is 11.1 Å². The number of hydrogen-bond acceptors (Lipinski definition) is 2. The summed E-state index contributed by atoms with van der Waals surface area (Å²) in [6.45, 7) is 1.82. The third-order valence-electron chi connectivity index (χ3n) is 1.66. The van der Waals surface area contributed by atoms with Gasteiger partial charge in [0.25, 0.3) is 0 Å². The molecule has 0 heterocycles. The zero-order valence-electron chi connectivity index (χ0n) is 6.82. The van der Waals surface area contributed by atoms with E-state index in [1.165, 1.54) is 0 Å². The second-order valence-electron chi connectivity index (χ2n) is 2.72. The van der Waals surface area contributed by atoms with Crippen LogP contribution >= 0.6 is 0 Å². The molecule has 1 aromatic carbocycles. The summed E-state index contributed by atoms with van der Waals surface area (Å²) in [6.07, 6.45) is 0. The highest BCUT2D eigenvalue weighted by molar-refractivity contribution is 5.87. The predicted molar refractivity (Wildman–Crippen MR) is 46.0 cm³/mol. The summed E-state index contributed by atoms with van der Waals surface area (Å²) in [4.78, 5) is 10.5. The van der Waals surface area contributed by atoms with Gasteiger partial charge in [-0.2, -0.15) is 0 Å². The smallest absolute Gasteiger partial charge is 0.335 e. The van der Waals surface area contributed by atoms with Crippen molar-refractivity contribution in [2.45, 2.75) is 13.0 Å². The first-order valence-electron chi connectivity index (χ1n) is 3.70. The summed E-state index contributed by atoms with van der Waals surface area (Å²) < 4.78 is 0. The molecule has 0 spiro atoms. The van der Waals surface area contributed by atoms with Gasteiger partial charge in [-0.15, -0.1) is 0 Å². The molecule has 0 fully saturated rings. The van der Waals surface area contributed by atoms with Crippen LogP contribution in [0.5, 0.6) is 0 Å². The highest BCUT2D eigenvalue weighted by Gasteiger charge is 2.04. The molecular weight excluding hydrogens is 154 g/mol. The standard InChI is InChI=1S/C9H11NO2/c1-6(10)7-3-2-4-8(5-7)9(11)12/h2-6H,10H2,1H3,(H,11,12)/t6-/m0/s1. The summed E-state index contributed by atoms with van der Waals surface area (Å²) in [5.74, 6) is -0.919. The van der Waals surface area contributed by atoms with Gasteiger partial charge in [-0.05, 0) is 24.6 Å². The fraction of sp³-hybridized carbons (Fsp3) is 0.222. The molecule has 0 radical (unpaired) electrons. The number of carbonyl (C=O) groups is 1. The maximum absolute atomic E-state index is 10.5. The van der Waals surface area contributed by atoms with Crippen molar-refractivity contribution >= 4 is 5.97 Å². The molecule has 0 unspecified atom stereocenters. The summed E-state index contributed by atoms with van der Waals surface area (Å²) in [6, 6.07) is 6.53. The number of nitrogens with two attached hydrogens (primary N) is 1. The van der Waals surface area contributed by atoms with Crippen LogP contribution in [0.4, 0.5) is 0 Å². The van der Waals surface area contributed by atoms with Crippen molar-refractivity contribution in [2.24, 2.45) is 5.73 Å². The van der Waals surface area contributed by atoms with Gasteiger partial charge in [-0.25, -0.2) is 4.79 Å². The minimum Gasteiger partial charge on any atom is -0.478 e. The van der Waals surface area contributed by atoms with Gasteiger partial charge in [0.2, 0.25) is 0 Å². The molecule has 64 valence electrons. The highest BCUT2D eigenvalue weighted by Crippen LogP contribution is 2.11. The molecule has 0 aliphatic heterocycles. The van der Waals surface area contributed by atoms with Crippen LogP contribution in [0.2, 0.25) is 0 Å². The zero-order chi connectivity index (χ0) is 9.14. The Kier molecular flexibility index (Phi) is 2.45. The topological polar surface area (TPSA) is 63.3 Å². The van der Waals surface area contributed by atoms with Crippen molar-refractivity contribution in [1.29, 1.82) is 0 Å². The second kappa shape index (κ2) is 3.36.